The highest BCUT2D eigenvalue weighted by Gasteiger charge is 2.15. The van der Waals surface area contributed by atoms with Crippen LogP contribution in [0.25, 0.3) is 0 Å². The minimum atomic E-state index is -0.550. The van der Waals surface area contributed by atoms with Crippen molar-refractivity contribution < 1.29 is 4.39 Å². The third kappa shape index (κ3) is 2.34. The van der Waals surface area contributed by atoms with Crippen molar-refractivity contribution in [1.82, 2.24) is 4.98 Å². The molecule has 2 aromatic rings. The van der Waals surface area contributed by atoms with E-state index >= 15 is 0 Å². The molecule has 1 heterocycles. The van der Waals surface area contributed by atoms with Gasteiger partial charge in [0.25, 0.3) is 0 Å². The lowest BCUT2D eigenvalue weighted by atomic mass is 10.1. The Morgan fingerprint density at radius 2 is 2.06 bits per heavy atom. The molecule has 0 saturated carbocycles. The molecule has 2 rings (SSSR count). The average molecular weight is 256 g/mol. The van der Waals surface area contributed by atoms with Crippen molar-refractivity contribution in [3.63, 3.8) is 0 Å². The number of aromatic nitrogens is 1. The molecule has 1 nitrogen and oxygen atoms in total. The van der Waals surface area contributed by atoms with Crippen molar-refractivity contribution in [2.24, 2.45) is 0 Å². The second kappa shape index (κ2) is 4.81. The smallest absolute Gasteiger partial charge is 0.129 e. The molecule has 1 unspecified atom stereocenters. The minimum Gasteiger partial charge on any atom is -0.264 e. The van der Waals surface area contributed by atoms with Gasteiger partial charge in [-0.15, -0.1) is 11.6 Å². The highest BCUT2D eigenvalue weighted by atomic mass is 35.5. The van der Waals surface area contributed by atoms with Gasteiger partial charge in [-0.1, -0.05) is 23.7 Å². The first-order valence-corrected chi connectivity index (χ1v) is 5.49. The van der Waals surface area contributed by atoms with Gasteiger partial charge >= 0.3 is 0 Å². The quantitative estimate of drug-likeness (QED) is 0.733. The SMILES string of the molecule is Fc1cc(Cl)ccc1C(Cl)c1cccnc1. The summed E-state index contributed by atoms with van der Waals surface area (Å²) in [6.07, 6.45) is 3.26. The first-order chi connectivity index (χ1) is 7.68. The molecule has 0 aliphatic heterocycles. The van der Waals surface area contributed by atoms with E-state index in [2.05, 4.69) is 4.98 Å². The Morgan fingerprint density at radius 3 is 2.69 bits per heavy atom. The summed E-state index contributed by atoms with van der Waals surface area (Å²) in [6.45, 7) is 0. The molecule has 1 atom stereocenters. The van der Waals surface area contributed by atoms with E-state index in [0.717, 1.165) is 5.56 Å². The minimum absolute atomic E-state index is 0.358. The summed E-state index contributed by atoms with van der Waals surface area (Å²) in [5, 5.41) is -0.192. The van der Waals surface area contributed by atoms with Crippen LogP contribution in [0.15, 0.2) is 42.7 Å². The summed E-state index contributed by atoms with van der Waals surface area (Å²) in [6, 6.07) is 8.02. The molecule has 0 aliphatic carbocycles. The predicted octanol–water partition coefficient (Wildman–Crippen LogP) is 4.20. The lowest BCUT2D eigenvalue weighted by Crippen LogP contribution is -1.97. The standard InChI is InChI=1S/C12H8Cl2FN/c13-9-3-4-10(11(15)6-9)12(14)8-2-1-5-16-7-8/h1-7,12H. The zero-order valence-corrected chi connectivity index (χ0v) is 9.71. The summed E-state index contributed by atoms with van der Waals surface area (Å²) < 4.78 is 13.6. The van der Waals surface area contributed by atoms with Crippen molar-refractivity contribution in [2.75, 3.05) is 0 Å². The van der Waals surface area contributed by atoms with Gasteiger partial charge in [0.05, 0.1) is 5.38 Å². The molecule has 0 bridgehead atoms. The number of benzene rings is 1. The van der Waals surface area contributed by atoms with Crippen LogP contribution in [0.1, 0.15) is 16.5 Å². The predicted molar refractivity (Wildman–Crippen MR) is 63.3 cm³/mol. The molecule has 0 fully saturated rings. The summed E-state index contributed by atoms with van der Waals surface area (Å²) in [4.78, 5) is 3.95. The van der Waals surface area contributed by atoms with Gasteiger partial charge in [-0.25, -0.2) is 4.39 Å². The summed E-state index contributed by atoms with van der Waals surface area (Å²) in [7, 11) is 0. The Hall–Kier alpha value is -1.12. The Kier molecular flexibility index (Phi) is 3.42. The number of hydrogen-bond acceptors (Lipinski definition) is 1. The molecule has 0 radical (unpaired) electrons. The largest absolute Gasteiger partial charge is 0.264 e. The van der Waals surface area contributed by atoms with Crippen LogP contribution in [0.4, 0.5) is 4.39 Å². The van der Waals surface area contributed by atoms with Gasteiger partial charge in [0.2, 0.25) is 0 Å². The van der Waals surface area contributed by atoms with Gasteiger partial charge in [-0.2, -0.15) is 0 Å². The van der Waals surface area contributed by atoms with Crippen LogP contribution in [-0.4, -0.2) is 4.98 Å². The fourth-order valence-electron chi connectivity index (χ4n) is 1.41. The van der Waals surface area contributed by atoms with Crippen LogP contribution in [0, 0.1) is 5.82 Å². The van der Waals surface area contributed by atoms with Crippen LogP contribution >= 0.6 is 23.2 Å². The third-order valence-corrected chi connectivity index (χ3v) is 2.93. The average Bonchev–Trinajstić information content (AvgIpc) is 2.29. The van der Waals surface area contributed by atoms with Gasteiger partial charge in [-0.3, -0.25) is 4.98 Å². The maximum Gasteiger partial charge on any atom is 0.129 e. The van der Waals surface area contributed by atoms with Crippen LogP contribution in [0.2, 0.25) is 5.02 Å². The number of halogens is 3. The molecule has 82 valence electrons. The monoisotopic (exact) mass is 255 g/mol. The van der Waals surface area contributed by atoms with Gasteiger partial charge in [0.15, 0.2) is 0 Å². The van der Waals surface area contributed by atoms with Gasteiger partial charge in [-0.05, 0) is 23.8 Å². The highest BCUT2D eigenvalue weighted by Crippen LogP contribution is 2.30. The van der Waals surface area contributed by atoms with Crippen LogP contribution in [0.3, 0.4) is 0 Å². The number of hydrogen-bond donors (Lipinski definition) is 0. The maximum absolute atomic E-state index is 13.6. The lowest BCUT2D eigenvalue weighted by molar-refractivity contribution is 0.612. The molecule has 0 aliphatic rings. The second-order valence-corrected chi connectivity index (χ2v) is 4.19. The molecule has 0 N–H and O–H groups in total. The molecular weight excluding hydrogens is 248 g/mol. The van der Waals surface area contributed by atoms with Gasteiger partial charge in [0.1, 0.15) is 5.82 Å². The Labute approximate surface area is 103 Å². The van der Waals surface area contributed by atoms with E-state index in [-0.39, 0.29) is 0 Å². The van der Waals surface area contributed by atoms with E-state index in [1.165, 1.54) is 6.07 Å². The number of alkyl halides is 1. The summed E-state index contributed by atoms with van der Waals surface area (Å²) in [5.74, 6) is -0.406. The Balaban J connectivity index is 2.38. The lowest BCUT2D eigenvalue weighted by Gasteiger charge is -2.10. The van der Waals surface area contributed by atoms with Crippen molar-refractivity contribution in [3.8, 4) is 0 Å². The third-order valence-electron chi connectivity index (χ3n) is 2.21. The number of nitrogens with zero attached hydrogens (tertiary/aromatic N) is 1. The Morgan fingerprint density at radius 1 is 1.25 bits per heavy atom. The van der Waals surface area contributed by atoms with Crippen LogP contribution < -0.4 is 0 Å². The first-order valence-electron chi connectivity index (χ1n) is 4.67. The van der Waals surface area contributed by atoms with Crippen molar-refractivity contribution in [2.45, 2.75) is 5.38 Å². The van der Waals surface area contributed by atoms with Crippen molar-refractivity contribution in [3.05, 3.63) is 64.7 Å². The van der Waals surface area contributed by atoms with E-state index in [1.807, 2.05) is 0 Å². The van der Waals surface area contributed by atoms with E-state index in [4.69, 9.17) is 23.2 Å². The molecule has 1 aromatic carbocycles. The molecule has 1 aromatic heterocycles. The summed E-state index contributed by atoms with van der Waals surface area (Å²) >= 11 is 11.8. The van der Waals surface area contributed by atoms with E-state index in [9.17, 15) is 4.39 Å². The normalized spacial score (nSPS) is 12.4. The van der Waals surface area contributed by atoms with Gasteiger partial charge in [0, 0.05) is 23.0 Å². The van der Waals surface area contributed by atoms with Crippen LogP contribution in [0.5, 0.6) is 0 Å². The second-order valence-electron chi connectivity index (χ2n) is 3.31. The van der Waals surface area contributed by atoms with Gasteiger partial charge < -0.3 is 0 Å². The molecular formula is C12H8Cl2FN. The van der Waals surface area contributed by atoms with Crippen molar-refractivity contribution in [1.29, 1.82) is 0 Å². The molecule has 4 heteroatoms. The zero-order chi connectivity index (χ0) is 11.5. The fourth-order valence-corrected chi connectivity index (χ4v) is 1.88. The highest BCUT2D eigenvalue weighted by molar-refractivity contribution is 6.30. The first kappa shape index (κ1) is 11.4. The topological polar surface area (TPSA) is 12.9 Å². The zero-order valence-electron chi connectivity index (χ0n) is 8.20. The van der Waals surface area contributed by atoms with Crippen LogP contribution in [-0.2, 0) is 0 Å². The fraction of sp³-hybridized carbons (Fsp3) is 0.0833. The number of rotatable bonds is 2. The molecule has 16 heavy (non-hydrogen) atoms. The molecule has 0 saturated heterocycles. The molecule has 0 spiro atoms. The van der Waals surface area contributed by atoms with Crippen molar-refractivity contribution >= 4 is 23.2 Å². The Bertz CT molecular complexity index is 488. The van der Waals surface area contributed by atoms with E-state index < -0.39 is 11.2 Å². The van der Waals surface area contributed by atoms with E-state index in [1.54, 1.807) is 36.7 Å². The van der Waals surface area contributed by atoms with E-state index in [0.29, 0.717) is 10.6 Å². The maximum atomic E-state index is 13.6. The number of pyridine rings is 1. The molecule has 0 amide bonds. The summed E-state index contributed by atoms with van der Waals surface area (Å²) in [5.41, 5.74) is 1.16.